The van der Waals surface area contributed by atoms with E-state index in [1.807, 2.05) is 0 Å². The first kappa shape index (κ1) is 11.8. The number of nitrogens with two attached hydrogens (primary N) is 1. The lowest BCUT2D eigenvalue weighted by molar-refractivity contribution is 0.0823. The Labute approximate surface area is 89.0 Å². The molecule has 1 aromatic rings. The van der Waals surface area contributed by atoms with Gasteiger partial charge < -0.3 is 5.11 Å². The van der Waals surface area contributed by atoms with E-state index in [4.69, 9.17) is 5.14 Å². The van der Waals surface area contributed by atoms with Gasteiger partial charge in [0.05, 0.1) is 5.60 Å². The molecule has 0 radical (unpaired) electrons. The molecule has 0 aromatic carbocycles. The SMILES string of the molecule is CN=S(N)c1sc(C(C)(C)O)cc1F. The van der Waals surface area contributed by atoms with Gasteiger partial charge in [-0.15, -0.1) is 11.3 Å². The van der Waals surface area contributed by atoms with Crippen LogP contribution in [0.5, 0.6) is 0 Å². The number of nitrogens with zero attached hydrogens (tertiary/aromatic N) is 1. The summed E-state index contributed by atoms with van der Waals surface area (Å²) in [6, 6.07) is 1.32. The van der Waals surface area contributed by atoms with Gasteiger partial charge >= 0.3 is 0 Å². The van der Waals surface area contributed by atoms with E-state index in [2.05, 4.69) is 4.36 Å². The molecule has 0 aliphatic heterocycles. The van der Waals surface area contributed by atoms with Gasteiger partial charge in [0, 0.05) is 22.8 Å². The molecule has 14 heavy (non-hydrogen) atoms. The lowest BCUT2D eigenvalue weighted by Crippen LogP contribution is -2.12. The van der Waals surface area contributed by atoms with Crippen LogP contribution in [0.3, 0.4) is 0 Å². The zero-order valence-corrected chi connectivity index (χ0v) is 9.88. The minimum absolute atomic E-state index is 0.386. The Hall–Kier alpha value is -0.300. The average molecular weight is 236 g/mol. The van der Waals surface area contributed by atoms with Crippen molar-refractivity contribution in [1.29, 1.82) is 0 Å². The van der Waals surface area contributed by atoms with Gasteiger partial charge in [0.2, 0.25) is 0 Å². The second-order valence-corrected chi connectivity index (χ2v) is 6.02. The molecule has 0 fully saturated rings. The number of rotatable bonds is 2. The summed E-state index contributed by atoms with van der Waals surface area (Å²) in [5, 5.41) is 15.3. The first-order chi connectivity index (χ1) is 6.36. The topological polar surface area (TPSA) is 58.6 Å². The predicted octanol–water partition coefficient (Wildman–Crippen LogP) is 1.78. The fraction of sp³-hybridized carbons (Fsp3) is 0.500. The van der Waals surface area contributed by atoms with E-state index >= 15 is 0 Å². The van der Waals surface area contributed by atoms with Crippen LogP contribution in [-0.4, -0.2) is 12.2 Å². The summed E-state index contributed by atoms with van der Waals surface area (Å²) in [5.74, 6) is -0.386. The lowest BCUT2D eigenvalue weighted by atomic mass is 10.1. The normalized spacial score (nSPS) is 14.7. The molecule has 6 heteroatoms. The molecule has 1 aromatic heterocycles. The molecule has 0 aliphatic carbocycles. The van der Waals surface area contributed by atoms with Crippen molar-refractivity contribution >= 4 is 22.2 Å². The van der Waals surface area contributed by atoms with Crippen LogP contribution < -0.4 is 5.14 Å². The van der Waals surface area contributed by atoms with Crippen LogP contribution in [0.4, 0.5) is 4.39 Å². The second-order valence-electron chi connectivity index (χ2n) is 3.30. The molecule has 0 saturated carbocycles. The van der Waals surface area contributed by atoms with E-state index < -0.39 is 16.5 Å². The average Bonchev–Trinajstić information content (AvgIpc) is 2.45. The van der Waals surface area contributed by atoms with Crippen molar-refractivity contribution in [3.05, 3.63) is 16.8 Å². The monoisotopic (exact) mass is 236 g/mol. The van der Waals surface area contributed by atoms with Crippen molar-refractivity contribution < 1.29 is 9.50 Å². The number of hydrogen-bond donors (Lipinski definition) is 2. The summed E-state index contributed by atoms with van der Waals surface area (Å²) in [4.78, 5) is 0.566. The third kappa shape index (κ3) is 2.38. The van der Waals surface area contributed by atoms with Gasteiger partial charge in [0.25, 0.3) is 0 Å². The molecule has 80 valence electrons. The first-order valence-electron chi connectivity index (χ1n) is 3.97. The van der Waals surface area contributed by atoms with Crippen LogP contribution >= 0.6 is 11.3 Å². The van der Waals surface area contributed by atoms with Crippen molar-refractivity contribution in [2.75, 3.05) is 7.05 Å². The fourth-order valence-corrected chi connectivity index (χ4v) is 2.91. The summed E-state index contributed by atoms with van der Waals surface area (Å²) < 4.78 is 17.5. The van der Waals surface area contributed by atoms with Gasteiger partial charge in [-0.3, -0.25) is 5.14 Å². The summed E-state index contributed by atoms with van der Waals surface area (Å²) in [6.45, 7) is 3.22. The van der Waals surface area contributed by atoms with Crippen LogP contribution in [0.2, 0.25) is 0 Å². The quantitative estimate of drug-likeness (QED) is 0.822. The minimum Gasteiger partial charge on any atom is -0.385 e. The highest BCUT2D eigenvalue weighted by Gasteiger charge is 2.22. The second kappa shape index (κ2) is 4.06. The molecule has 1 rings (SSSR count). The van der Waals surface area contributed by atoms with Crippen LogP contribution in [-0.2, 0) is 16.5 Å². The molecule has 3 nitrogen and oxygen atoms in total. The smallest absolute Gasteiger partial charge is 0.150 e. The maximum Gasteiger partial charge on any atom is 0.150 e. The van der Waals surface area contributed by atoms with E-state index in [1.54, 1.807) is 20.9 Å². The van der Waals surface area contributed by atoms with Crippen molar-refractivity contribution in [1.82, 2.24) is 0 Å². The van der Waals surface area contributed by atoms with Gasteiger partial charge in [-0.2, -0.15) is 0 Å². The Morgan fingerprint density at radius 1 is 1.64 bits per heavy atom. The molecule has 1 heterocycles. The van der Waals surface area contributed by atoms with E-state index in [1.165, 1.54) is 17.4 Å². The molecule has 0 amide bonds. The molecular weight excluding hydrogens is 223 g/mol. The van der Waals surface area contributed by atoms with Gasteiger partial charge in [0.15, 0.2) is 0 Å². The standard InChI is InChI=1S/C8H13FN2OS2/c1-8(2,12)6-4-5(9)7(13-6)14(10)11-3/h4,12H,1-3H3,(H2,10,11). The number of hydrogen-bond acceptors (Lipinski definition) is 3. The molecule has 0 aliphatic rings. The van der Waals surface area contributed by atoms with Crippen molar-refractivity contribution in [3.8, 4) is 0 Å². The third-order valence-electron chi connectivity index (χ3n) is 1.65. The largest absolute Gasteiger partial charge is 0.385 e. The summed E-state index contributed by atoms with van der Waals surface area (Å²) in [7, 11) is 0.639. The van der Waals surface area contributed by atoms with Gasteiger partial charge in [-0.1, -0.05) is 0 Å². The van der Waals surface area contributed by atoms with Gasteiger partial charge in [-0.05, 0) is 19.9 Å². The van der Waals surface area contributed by atoms with E-state index in [0.717, 1.165) is 0 Å². The van der Waals surface area contributed by atoms with E-state index in [-0.39, 0.29) is 5.82 Å². The summed E-state index contributed by atoms with van der Waals surface area (Å²) in [5.41, 5.74) is -1.03. The van der Waals surface area contributed by atoms with Crippen LogP contribution in [0.1, 0.15) is 18.7 Å². The molecule has 1 atom stereocenters. The molecule has 0 saturated heterocycles. The summed E-state index contributed by atoms with van der Waals surface area (Å²) >= 11 is 1.17. The molecule has 0 bridgehead atoms. The highest BCUT2D eigenvalue weighted by Crippen LogP contribution is 2.31. The maximum atomic E-state index is 13.3. The highest BCUT2D eigenvalue weighted by atomic mass is 32.2. The molecule has 1 unspecified atom stereocenters. The van der Waals surface area contributed by atoms with Crippen molar-refractivity contribution in [3.63, 3.8) is 0 Å². The molecule has 3 N–H and O–H groups in total. The zero-order chi connectivity index (χ0) is 10.9. The fourth-order valence-electron chi connectivity index (χ4n) is 0.879. The Morgan fingerprint density at radius 2 is 2.21 bits per heavy atom. The summed E-state index contributed by atoms with van der Waals surface area (Å²) in [6.07, 6.45) is 0. The highest BCUT2D eigenvalue weighted by molar-refractivity contribution is 7.87. The van der Waals surface area contributed by atoms with Crippen LogP contribution in [0.25, 0.3) is 0 Å². The lowest BCUT2D eigenvalue weighted by Gasteiger charge is -2.13. The van der Waals surface area contributed by atoms with Gasteiger partial charge in [0.1, 0.15) is 10.0 Å². The predicted molar refractivity (Wildman–Crippen MR) is 57.7 cm³/mol. The van der Waals surface area contributed by atoms with E-state index in [9.17, 15) is 9.50 Å². The Bertz CT molecular complexity index is 368. The van der Waals surface area contributed by atoms with Crippen LogP contribution in [0.15, 0.2) is 14.6 Å². The number of aliphatic hydroxyl groups is 1. The zero-order valence-electron chi connectivity index (χ0n) is 8.24. The number of thiophene rings is 1. The van der Waals surface area contributed by atoms with Crippen LogP contribution in [0, 0.1) is 5.82 Å². The molecule has 0 spiro atoms. The van der Waals surface area contributed by atoms with Gasteiger partial charge in [-0.25, -0.2) is 8.75 Å². The first-order valence-corrected chi connectivity index (χ1v) is 6.03. The third-order valence-corrected chi connectivity index (χ3v) is 4.59. The minimum atomic E-state index is -1.03. The van der Waals surface area contributed by atoms with Crippen molar-refractivity contribution in [2.45, 2.75) is 23.7 Å². The Balaban J connectivity index is 3.18. The Morgan fingerprint density at radius 3 is 2.57 bits per heavy atom. The maximum absolute atomic E-state index is 13.3. The van der Waals surface area contributed by atoms with E-state index in [0.29, 0.717) is 9.09 Å². The van der Waals surface area contributed by atoms with Crippen molar-refractivity contribution in [2.24, 2.45) is 9.50 Å². The number of halogens is 1. The Kier molecular flexibility index (Phi) is 3.41. The molecular formula is C8H13FN2OS2.